The molecule has 1 aliphatic rings. The molecule has 24 heavy (non-hydrogen) atoms. The summed E-state index contributed by atoms with van der Waals surface area (Å²) in [5.41, 5.74) is 1.52. The molecule has 1 aliphatic heterocycles. The Morgan fingerprint density at radius 1 is 1.08 bits per heavy atom. The molecule has 0 bridgehead atoms. The van der Waals surface area contributed by atoms with Crippen molar-refractivity contribution in [3.8, 4) is 0 Å². The van der Waals surface area contributed by atoms with Crippen LogP contribution in [0.25, 0.3) is 0 Å². The van der Waals surface area contributed by atoms with Gasteiger partial charge in [-0.1, -0.05) is 23.2 Å². The van der Waals surface area contributed by atoms with E-state index in [0.717, 1.165) is 5.69 Å². The van der Waals surface area contributed by atoms with E-state index in [0.29, 0.717) is 42.6 Å². The van der Waals surface area contributed by atoms with Gasteiger partial charge in [-0.15, -0.1) is 0 Å². The second kappa shape index (κ2) is 7.38. The van der Waals surface area contributed by atoms with E-state index >= 15 is 0 Å². The number of ether oxygens (including phenoxy) is 1. The monoisotopic (exact) mass is 368 g/mol. The molecule has 1 N–H and O–H groups in total. The van der Waals surface area contributed by atoms with E-state index in [9.17, 15) is 9.18 Å². The van der Waals surface area contributed by atoms with Crippen molar-refractivity contribution in [2.24, 2.45) is 0 Å². The van der Waals surface area contributed by atoms with Crippen LogP contribution in [-0.2, 0) is 4.74 Å². The lowest BCUT2D eigenvalue weighted by molar-refractivity contribution is 0.102. The number of halogens is 3. The summed E-state index contributed by atoms with van der Waals surface area (Å²) >= 11 is 11.8. The Bertz CT molecular complexity index is 764. The molecule has 3 rings (SSSR count). The first kappa shape index (κ1) is 17.0. The van der Waals surface area contributed by atoms with Crippen LogP contribution in [0, 0.1) is 5.82 Å². The third kappa shape index (κ3) is 3.80. The maximum atomic E-state index is 13.7. The molecule has 1 heterocycles. The molecule has 7 heteroatoms. The third-order valence-electron chi connectivity index (χ3n) is 3.74. The smallest absolute Gasteiger partial charge is 0.255 e. The fourth-order valence-corrected chi connectivity index (χ4v) is 2.82. The zero-order chi connectivity index (χ0) is 17.1. The lowest BCUT2D eigenvalue weighted by atomic mass is 10.2. The van der Waals surface area contributed by atoms with Gasteiger partial charge in [-0.25, -0.2) is 4.39 Å². The average Bonchev–Trinajstić information content (AvgIpc) is 2.58. The number of nitrogens with one attached hydrogen (secondary N) is 1. The topological polar surface area (TPSA) is 41.6 Å². The van der Waals surface area contributed by atoms with Gasteiger partial charge in [-0.2, -0.15) is 0 Å². The summed E-state index contributed by atoms with van der Waals surface area (Å²) in [6.07, 6.45) is 0. The molecule has 0 radical (unpaired) electrons. The standard InChI is InChI=1S/C17H15Cl2FN2O2/c18-13-3-1-11(9-14(13)19)17(23)21-15-10-12(20)2-4-16(15)22-5-7-24-8-6-22/h1-4,9-10H,5-8H2,(H,21,23). The van der Waals surface area contributed by atoms with Crippen LogP contribution in [0.1, 0.15) is 10.4 Å². The lowest BCUT2D eigenvalue weighted by Crippen LogP contribution is -2.36. The summed E-state index contributed by atoms with van der Waals surface area (Å²) in [5, 5.41) is 3.41. The van der Waals surface area contributed by atoms with Gasteiger partial charge in [0.25, 0.3) is 5.91 Å². The Morgan fingerprint density at radius 3 is 2.54 bits per heavy atom. The maximum Gasteiger partial charge on any atom is 0.255 e. The van der Waals surface area contributed by atoms with Gasteiger partial charge in [-0.3, -0.25) is 4.79 Å². The number of nitrogens with zero attached hydrogens (tertiary/aromatic N) is 1. The van der Waals surface area contributed by atoms with Crippen molar-refractivity contribution in [3.63, 3.8) is 0 Å². The summed E-state index contributed by atoms with van der Waals surface area (Å²) in [7, 11) is 0. The van der Waals surface area contributed by atoms with Gasteiger partial charge in [0.15, 0.2) is 0 Å². The van der Waals surface area contributed by atoms with Gasteiger partial charge in [-0.05, 0) is 36.4 Å². The first-order valence-corrected chi connectivity index (χ1v) is 8.19. The van der Waals surface area contributed by atoms with Crippen LogP contribution in [0.3, 0.4) is 0 Å². The molecule has 1 amide bonds. The Kier molecular flexibility index (Phi) is 5.23. The number of carbonyl (C=O) groups excluding carboxylic acids is 1. The molecule has 2 aromatic carbocycles. The quantitative estimate of drug-likeness (QED) is 0.881. The number of amides is 1. The molecule has 0 spiro atoms. The predicted molar refractivity (Wildman–Crippen MR) is 93.8 cm³/mol. The highest BCUT2D eigenvalue weighted by atomic mass is 35.5. The molecule has 0 saturated carbocycles. The van der Waals surface area contributed by atoms with Gasteiger partial charge in [0.2, 0.25) is 0 Å². The highest BCUT2D eigenvalue weighted by Gasteiger charge is 2.17. The minimum atomic E-state index is -0.420. The molecule has 4 nitrogen and oxygen atoms in total. The van der Waals surface area contributed by atoms with Crippen LogP contribution < -0.4 is 10.2 Å². The van der Waals surface area contributed by atoms with Crippen molar-refractivity contribution in [2.45, 2.75) is 0 Å². The first-order chi connectivity index (χ1) is 11.5. The van der Waals surface area contributed by atoms with Crippen molar-refractivity contribution >= 4 is 40.5 Å². The zero-order valence-electron chi connectivity index (χ0n) is 12.7. The minimum Gasteiger partial charge on any atom is -0.378 e. The van der Waals surface area contributed by atoms with Crippen LogP contribution in [-0.4, -0.2) is 32.2 Å². The van der Waals surface area contributed by atoms with E-state index in [1.54, 1.807) is 18.2 Å². The molecule has 1 saturated heterocycles. The molecule has 2 aromatic rings. The van der Waals surface area contributed by atoms with Crippen molar-refractivity contribution in [1.29, 1.82) is 0 Å². The Labute approximate surface area is 149 Å². The van der Waals surface area contributed by atoms with E-state index in [1.165, 1.54) is 18.2 Å². The predicted octanol–water partition coefficient (Wildman–Crippen LogP) is 4.22. The molecule has 0 aliphatic carbocycles. The average molecular weight is 369 g/mol. The zero-order valence-corrected chi connectivity index (χ0v) is 14.2. The van der Waals surface area contributed by atoms with E-state index in [4.69, 9.17) is 27.9 Å². The first-order valence-electron chi connectivity index (χ1n) is 7.43. The SMILES string of the molecule is O=C(Nc1cc(F)ccc1N1CCOCC1)c1ccc(Cl)c(Cl)c1. The van der Waals surface area contributed by atoms with Crippen LogP contribution in [0.4, 0.5) is 15.8 Å². The van der Waals surface area contributed by atoms with E-state index in [-0.39, 0.29) is 10.9 Å². The number of hydrogen-bond acceptors (Lipinski definition) is 3. The Morgan fingerprint density at radius 2 is 1.83 bits per heavy atom. The molecular weight excluding hydrogens is 354 g/mol. The Balaban J connectivity index is 1.86. The summed E-state index contributed by atoms with van der Waals surface area (Å²) < 4.78 is 19.0. The van der Waals surface area contributed by atoms with Gasteiger partial charge < -0.3 is 15.0 Å². The molecule has 1 fully saturated rings. The fraction of sp³-hybridized carbons (Fsp3) is 0.235. The number of benzene rings is 2. The number of rotatable bonds is 3. The van der Waals surface area contributed by atoms with Crippen molar-refractivity contribution < 1.29 is 13.9 Å². The minimum absolute atomic E-state index is 0.289. The maximum absolute atomic E-state index is 13.7. The van der Waals surface area contributed by atoms with Gasteiger partial charge >= 0.3 is 0 Å². The van der Waals surface area contributed by atoms with E-state index < -0.39 is 5.82 Å². The highest BCUT2D eigenvalue weighted by molar-refractivity contribution is 6.42. The summed E-state index contributed by atoms with van der Waals surface area (Å²) in [5.74, 6) is -0.801. The fourth-order valence-electron chi connectivity index (χ4n) is 2.52. The number of anilines is 2. The van der Waals surface area contributed by atoms with E-state index in [1.807, 2.05) is 4.90 Å². The molecule has 0 unspecified atom stereocenters. The lowest BCUT2D eigenvalue weighted by Gasteiger charge is -2.30. The third-order valence-corrected chi connectivity index (χ3v) is 4.48. The summed E-state index contributed by atoms with van der Waals surface area (Å²) in [4.78, 5) is 14.5. The van der Waals surface area contributed by atoms with Crippen LogP contribution in [0.5, 0.6) is 0 Å². The van der Waals surface area contributed by atoms with E-state index in [2.05, 4.69) is 5.32 Å². The molecule has 0 atom stereocenters. The van der Waals surface area contributed by atoms with Crippen molar-refractivity contribution in [3.05, 3.63) is 57.8 Å². The van der Waals surface area contributed by atoms with Gasteiger partial charge in [0.1, 0.15) is 5.82 Å². The summed E-state index contributed by atoms with van der Waals surface area (Å²) in [6.45, 7) is 2.55. The molecule has 126 valence electrons. The number of morpholine rings is 1. The van der Waals surface area contributed by atoms with Crippen LogP contribution in [0.2, 0.25) is 10.0 Å². The largest absolute Gasteiger partial charge is 0.378 e. The molecule has 0 aromatic heterocycles. The molecular formula is C17H15Cl2FN2O2. The van der Waals surface area contributed by atoms with Crippen molar-refractivity contribution in [1.82, 2.24) is 0 Å². The highest BCUT2D eigenvalue weighted by Crippen LogP contribution is 2.29. The Hall–Kier alpha value is -1.82. The normalized spacial score (nSPS) is 14.5. The van der Waals surface area contributed by atoms with Gasteiger partial charge in [0.05, 0.1) is 34.6 Å². The van der Waals surface area contributed by atoms with Crippen molar-refractivity contribution in [2.75, 3.05) is 36.5 Å². The second-order valence-electron chi connectivity index (χ2n) is 5.34. The second-order valence-corrected chi connectivity index (χ2v) is 6.16. The number of hydrogen-bond donors (Lipinski definition) is 1. The number of carbonyl (C=O) groups is 1. The summed E-state index contributed by atoms with van der Waals surface area (Å²) in [6, 6.07) is 8.93. The van der Waals surface area contributed by atoms with Gasteiger partial charge in [0, 0.05) is 18.7 Å². The van der Waals surface area contributed by atoms with Crippen LogP contribution >= 0.6 is 23.2 Å². The van der Waals surface area contributed by atoms with Crippen LogP contribution in [0.15, 0.2) is 36.4 Å².